The smallest absolute Gasteiger partial charge is 0.125 e. The van der Waals surface area contributed by atoms with E-state index >= 15 is 0 Å². The van der Waals surface area contributed by atoms with Crippen LogP contribution < -0.4 is 4.74 Å². The fourth-order valence-electron chi connectivity index (χ4n) is 2.83. The van der Waals surface area contributed by atoms with Crippen LogP contribution in [-0.4, -0.2) is 31.1 Å². The normalized spacial score (nSPS) is 16.8. The third-order valence-corrected chi connectivity index (χ3v) is 4.51. The summed E-state index contributed by atoms with van der Waals surface area (Å²) in [6, 6.07) is 2.60. The molecular weight excluding hydrogens is 258 g/mol. The molecule has 0 saturated carbocycles. The van der Waals surface area contributed by atoms with Gasteiger partial charge in [-0.1, -0.05) is 11.6 Å². The van der Waals surface area contributed by atoms with Crippen LogP contribution in [0.3, 0.4) is 0 Å². The van der Waals surface area contributed by atoms with Gasteiger partial charge in [0.1, 0.15) is 5.75 Å². The molecule has 1 heterocycles. The maximum atomic E-state index is 6.35. The summed E-state index contributed by atoms with van der Waals surface area (Å²) in [5, 5.41) is 0.831. The Balaban J connectivity index is 2.36. The van der Waals surface area contributed by atoms with Gasteiger partial charge >= 0.3 is 0 Å². The average molecular weight is 281 g/mol. The number of methoxy groups -OCH3 is 1. The molecule has 0 aromatic heterocycles. The van der Waals surface area contributed by atoms with Crippen LogP contribution in [0.1, 0.15) is 36.5 Å². The Morgan fingerprint density at radius 3 is 2.58 bits per heavy atom. The van der Waals surface area contributed by atoms with Gasteiger partial charge in [-0.05, 0) is 51.3 Å². The van der Waals surface area contributed by atoms with Crippen LogP contribution in [-0.2, 0) is 6.42 Å². The maximum absolute atomic E-state index is 6.35. The lowest BCUT2D eigenvalue weighted by Gasteiger charge is -2.43. The third kappa shape index (κ3) is 2.61. The highest BCUT2D eigenvalue weighted by Gasteiger charge is 2.33. The molecule has 1 aliphatic rings. The lowest BCUT2D eigenvalue weighted by atomic mass is 9.85. The predicted molar refractivity (Wildman–Crippen MR) is 81.3 cm³/mol. The number of hydrogen-bond donors (Lipinski definition) is 0. The number of halogens is 1. The topological polar surface area (TPSA) is 12.5 Å². The van der Waals surface area contributed by atoms with Gasteiger partial charge in [-0.2, -0.15) is 0 Å². The van der Waals surface area contributed by atoms with Crippen LogP contribution in [0.2, 0.25) is 5.02 Å². The fraction of sp³-hybridized carbons (Fsp3) is 0.562. The number of ether oxygens (including phenoxy) is 1. The Hall–Kier alpha value is -0.730. The van der Waals surface area contributed by atoms with Gasteiger partial charge < -0.3 is 4.74 Å². The van der Waals surface area contributed by atoms with E-state index in [0.717, 1.165) is 35.0 Å². The standard InChI is InChI=1S/C16H23ClNO/c1-6-12-7-14(17)11(4)15(16(12)19-5)13-8-18(9-13)10(2)3/h7,10,13H,1,6,8-9H2,2-5H3. The van der Waals surface area contributed by atoms with Crippen LogP contribution >= 0.6 is 11.6 Å². The van der Waals surface area contributed by atoms with Crippen LogP contribution in [0, 0.1) is 13.8 Å². The Morgan fingerprint density at radius 1 is 1.47 bits per heavy atom. The van der Waals surface area contributed by atoms with Crippen molar-refractivity contribution in [2.45, 2.75) is 39.2 Å². The van der Waals surface area contributed by atoms with Gasteiger partial charge in [0, 0.05) is 35.6 Å². The first-order valence-electron chi connectivity index (χ1n) is 6.88. The largest absolute Gasteiger partial charge is 0.496 e. The number of benzene rings is 1. The minimum Gasteiger partial charge on any atom is -0.496 e. The molecule has 2 rings (SSSR count). The monoisotopic (exact) mass is 280 g/mol. The van der Waals surface area contributed by atoms with E-state index in [1.165, 1.54) is 5.56 Å². The minimum absolute atomic E-state index is 0.529. The summed E-state index contributed by atoms with van der Waals surface area (Å²) < 4.78 is 5.64. The van der Waals surface area contributed by atoms with Crippen molar-refractivity contribution in [3.05, 3.63) is 34.7 Å². The van der Waals surface area contributed by atoms with Crippen molar-refractivity contribution < 1.29 is 4.74 Å². The Morgan fingerprint density at radius 2 is 2.11 bits per heavy atom. The average Bonchev–Trinajstić information content (AvgIpc) is 2.31. The van der Waals surface area contributed by atoms with Crippen molar-refractivity contribution in [2.24, 2.45) is 0 Å². The van der Waals surface area contributed by atoms with Gasteiger partial charge in [-0.25, -0.2) is 0 Å². The van der Waals surface area contributed by atoms with Crippen LogP contribution in [0.4, 0.5) is 0 Å². The van der Waals surface area contributed by atoms with Gasteiger partial charge in [0.2, 0.25) is 0 Å². The van der Waals surface area contributed by atoms with Gasteiger partial charge in [-0.3, -0.25) is 4.90 Å². The molecule has 2 nitrogen and oxygen atoms in total. The highest BCUT2D eigenvalue weighted by molar-refractivity contribution is 6.31. The first-order valence-corrected chi connectivity index (χ1v) is 7.26. The van der Waals surface area contributed by atoms with E-state index in [-0.39, 0.29) is 0 Å². The molecule has 0 N–H and O–H groups in total. The third-order valence-electron chi connectivity index (χ3n) is 4.12. The highest BCUT2D eigenvalue weighted by atomic mass is 35.5. The van der Waals surface area contributed by atoms with Crippen molar-refractivity contribution in [3.63, 3.8) is 0 Å². The van der Waals surface area contributed by atoms with Gasteiger partial charge in [0.25, 0.3) is 0 Å². The molecule has 0 unspecified atom stereocenters. The molecule has 0 aliphatic carbocycles. The van der Waals surface area contributed by atoms with E-state index < -0.39 is 0 Å². The SMILES string of the molecule is [CH2]Cc1cc(Cl)c(C)c(C2CN(C(C)C)C2)c1OC. The van der Waals surface area contributed by atoms with Crippen LogP contribution in [0.25, 0.3) is 0 Å². The Kier molecular flexibility index (Phi) is 4.42. The van der Waals surface area contributed by atoms with Crippen molar-refractivity contribution in [1.82, 2.24) is 4.90 Å². The lowest BCUT2D eigenvalue weighted by Crippen LogP contribution is -2.48. The summed E-state index contributed by atoms with van der Waals surface area (Å²) >= 11 is 6.35. The van der Waals surface area contributed by atoms with Crippen LogP contribution in [0.15, 0.2) is 6.07 Å². The molecule has 3 heteroatoms. The van der Waals surface area contributed by atoms with Gasteiger partial charge in [0.05, 0.1) is 7.11 Å². The molecule has 1 saturated heterocycles. The lowest BCUT2D eigenvalue weighted by molar-refractivity contribution is 0.108. The summed E-state index contributed by atoms with van der Waals surface area (Å²) in [7, 11) is 1.74. The van der Waals surface area contributed by atoms with E-state index in [1.807, 2.05) is 6.07 Å². The van der Waals surface area contributed by atoms with E-state index in [9.17, 15) is 0 Å². The molecule has 0 atom stereocenters. The quantitative estimate of drug-likeness (QED) is 0.831. The molecule has 0 amide bonds. The summed E-state index contributed by atoms with van der Waals surface area (Å²) in [4.78, 5) is 2.47. The van der Waals surface area contributed by atoms with E-state index in [4.69, 9.17) is 16.3 Å². The molecule has 1 aromatic carbocycles. The van der Waals surface area contributed by atoms with Gasteiger partial charge in [-0.15, -0.1) is 0 Å². The van der Waals surface area contributed by atoms with E-state index in [1.54, 1.807) is 7.11 Å². The molecule has 0 spiro atoms. The number of rotatable bonds is 4. The predicted octanol–water partition coefficient (Wildman–Crippen LogP) is 3.84. The van der Waals surface area contributed by atoms with Crippen molar-refractivity contribution in [1.29, 1.82) is 0 Å². The highest BCUT2D eigenvalue weighted by Crippen LogP contribution is 2.41. The first kappa shape index (κ1) is 14.7. The second-order valence-corrected chi connectivity index (χ2v) is 5.99. The number of likely N-dealkylation sites (tertiary alicyclic amines) is 1. The number of hydrogen-bond acceptors (Lipinski definition) is 2. The molecule has 1 aromatic rings. The molecule has 105 valence electrons. The van der Waals surface area contributed by atoms with E-state index in [0.29, 0.717) is 18.4 Å². The summed E-state index contributed by atoms with van der Waals surface area (Å²) in [6.45, 7) is 12.7. The van der Waals surface area contributed by atoms with Crippen LogP contribution in [0.5, 0.6) is 5.75 Å². The molecule has 1 fully saturated rings. The Bertz CT molecular complexity index is 464. The fourth-order valence-corrected chi connectivity index (χ4v) is 3.07. The molecule has 19 heavy (non-hydrogen) atoms. The van der Waals surface area contributed by atoms with E-state index in [2.05, 4.69) is 32.6 Å². The number of nitrogens with zero attached hydrogens (tertiary/aromatic N) is 1. The van der Waals surface area contributed by atoms with Crippen molar-refractivity contribution in [2.75, 3.05) is 20.2 Å². The summed E-state index contributed by atoms with van der Waals surface area (Å²) in [6.07, 6.45) is 0.705. The minimum atomic E-state index is 0.529. The maximum Gasteiger partial charge on any atom is 0.125 e. The second-order valence-electron chi connectivity index (χ2n) is 5.58. The zero-order valence-corrected chi connectivity index (χ0v) is 13.0. The Labute approximate surface area is 121 Å². The molecular formula is C16H23ClNO. The molecule has 1 radical (unpaired) electrons. The van der Waals surface area contributed by atoms with Crippen molar-refractivity contribution >= 4 is 11.6 Å². The molecule has 1 aliphatic heterocycles. The van der Waals surface area contributed by atoms with Crippen molar-refractivity contribution in [3.8, 4) is 5.75 Å². The second kappa shape index (κ2) is 5.72. The zero-order valence-electron chi connectivity index (χ0n) is 12.3. The zero-order chi connectivity index (χ0) is 14.2. The molecule has 0 bridgehead atoms. The summed E-state index contributed by atoms with van der Waals surface area (Å²) in [5.74, 6) is 1.52. The summed E-state index contributed by atoms with van der Waals surface area (Å²) in [5.41, 5.74) is 3.55. The first-order chi connectivity index (χ1) is 8.99. The van der Waals surface area contributed by atoms with Gasteiger partial charge in [0.15, 0.2) is 0 Å².